The lowest BCUT2D eigenvalue weighted by Gasteiger charge is -2.07. The van der Waals surface area contributed by atoms with E-state index in [9.17, 15) is 9.90 Å². The zero-order valence-electron chi connectivity index (χ0n) is 14.9. The van der Waals surface area contributed by atoms with E-state index in [1.54, 1.807) is 6.07 Å². The molecule has 1 heterocycles. The summed E-state index contributed by atoms with van der Waals surface area (Å²) < 4.78 is 6.31. The van der Waals surface area contributed by atoms with Gasteiger partial charge in [-0.05, 0) is 48.9 Å². The Morgan fingerprint density at radius 3 is 2.93 bits per heavy atom. The Bertz CT molecular complexity index is 1060. The number of nitrogens with one attached hydrogen (secondary N) is 1. The summed E-state index contributed by atoms with van der Waals surface area (Å²) in [5, 5.41) is 14.8. The number of pyridine rings is 1. The zero-order valence-corrected chi connectivity index (χ0v) is 17.3. The maximum atomic E-state index is 12.2. The third-order valence-electron chi connectivity index (χ3n) is 3.81. The number of fused-ring (bicyclic) bond motifs is 1. The van der Waals surface area contributed by atoms with Crippen LogP contribution in [0.25, 0.3) is 10.9 Å². The molecule has 0 saturated heterocycles. The van der Waals surface area contributed by atoms with Crippen molar-refractivity contribution in [3.05, 3.63) is 63.2 Å². The molecule has 0 aliphatic carbocycles. The van der Waals surface area contributed by atoms with E-state index in [0.29, 0.717) is 16.6 Å². The first-order chi connectivity index (χ1) is 13.5. The average Bonchev–Trinajstić information content (AvgIpc) is 2.68. The predicted molar refractivity (Wildman–Crippen MR) is 113 cm³/mol. The second-order valence-corrected chi connectivity index (χ2v) is 7.21. The molecule has 0 atom stereocenters. The van der Waals surface area contributed by atoms with Crippen molar-refractivity contribution >= 4 is 50.6 Å². The summed E-state index contributed by atoms with van der Waals surface area (Å²) in [5.41, 5.74) is 3.75. The van der Waals surface area contributed by atoms with Crippen molar-refractivity contribution in [1.29, 1.82) is 0 Å². The molecule has 144 valence electrons. The summed E-state index contributed by atoms with van der Waals surface area (Å²) in [4.78, 5) is 16.5. The van der Waals surface area contributed by atoms with Gasteiger partial charge in [-0.25, -0.2) is 10.4 Å². The Morgan fingerprint density at radius 1 is 1.32 bits per heavy atom. The minimum Gasteiger partial charge on any atom is -0.507 e. The van der Waals surface area contributed by atoms with Crippen LogP contribution in [0.5, 0.6) is 11.5 Å². The number of amides is 1. The summed E-state index contributed by atoms with van der Waals surface area (Å²) in [7, 11) is 0. The highest BCUT2D eigenvalue weighted by molar-refractivity contribution is 9.10. The summed E-state index contributed by atoms with van der Waals surface area (Å²) in [6.07, 6.45) is 2.32. The van der Waals surface area contributed by atoms with Crippen LogP contribution >= 0.6 is 27.5 Å². The minimum absolute atomic E-state index is 0.104. The molecule has 0 aliphatic heterocycles. The van der Waals surface area contributed by atoms with Crippen molar-refractivity contribution in [3.8, 4) is 11.5 Å². The van der Waals surface area contributed by atoms with Crippen LogP contribution in [0.3, 0.4) is 0 Å². The van der Waals surface area contributed by atoms with Crippen molar-refractivity contribution in [2.75, 3.05) is 6.61 Å². The Kier molecular flexibility index (Phi) is 6.49. The van der Waals surface area contributed by atoms with E-state index >= 15 is 0 Å². The lowest BCUT2D eigenvalue weighted by Crippen LogP contribution is -2.17. The van der Waals surface area contributed by atoms with Crippen LogP contribution < -0.4 is 10.2 Å². The second kappa shape index (κ2) is 9.03. The number of aromatic nitrogens is 1. The molecule has 28 heavy (non-hydrogen) atoms. The number of hydrazone groups is 1. The summed E-state index contributed by atoms with van der Waals surface area (Å²) in [6.45, 7) is 2.68. The Balaban J connectivity index is 1.79. The zero-order chi connectivity index (χ0) is 20.1. The third-order valence-corrected chi connectivity index (χ3v) is 4.61. The fourth-order valence-corrected chi connectivity index (χ4v) is 3.01. The molecule has 0 radical (unpaired) electrons. The summed E-state index contributed by atoms with van der Waals surface area (Å²) in [6, 6.07) is 11.9. The number of carbonyl (C=O) groups is 1. The number of ether oxygens (including phenoxy) is 1. The molecule has 0 unspecified atom stereocenters. The van der Waals surface area contributed by atoms with Gasteiger partial charge in [0.1, 0.15) is 16.7 Å². The molecule has 0 bridgehead atoms. The van der Waals surface area contributed by atoms with Crippen molar-refractivity contribution < 1.29 is 14.6 Å². The average molecular weight is 463 g/mol. The lowest BCUT2D eigenvalue weighted by atomic mass is 10.1. The molecule has 8 heteroatoms. The SMILES string of the molecule is CCCOc1ccc2nc(Cl)c(C=NNC(=O)c3cc(Br)ccc3O)cc2c1. The lowest BCUT2D eigenvalue weighted by molar-refractivity contribution is 0.0952. The molecule has 2 aromatic carbocycles. The Morgan fingerprint density at radius 2 is 2.14 bits per heavy atom. The van der Waals surface area contributed by atoms with Crippen molar-refractivity contribution in [2.45, 2.75) is 13.3 Å². The first-order valence-electron chi connectivity index (χ1n) is 8.53. The van der Waals surface area contributed by atoms with Gasteiger partial charge in [-0.15, -0.1) is 0 Å². The van der Waals surface area contributed by atoms with Gasteiger partial charge in [0.2, 0.25) is 0 Å². The number of aromatic hydroxyl groups is 1. The number of halogens is 2. The first-order valence-corrected chi connectivity index (χ1v) is 9.70. The van der Waals surface area contributed by atoms with Crippen LogP contribution in [-0.2, 0) is 0 Å². The molecule has 1 amide bonds. The minimum atomic E-state index is -0.546. The predicted octanol–water partition coefficient (Wildman–Crippen LogP) is 4.91. The van der Waals surface area contributed by atoms with Crippen LogP contribution in [0, 0.1) is 0 Å². The Hall–Kier alpha value is -2.64. The molecular weight excluding hydrogens is 446 g/mol. The highest BCUT2D eigenvalue weighted by Gasteiger charge is 2.11. The van der Waals surface area contributed by atoms with E-state index in [1.165, 1.54) is 18.3 Å². The number of phenolic OH excluding ortho intramolecular Hbond substituents is 1. The van der Waals surface area contributed by atoms with Gasteiger partial charge in [-0.2, -0.15) is 5.10 Å². The molecular formula is C20H17BrClN3O3. The number of hydrogen-bond acceptors (Lipinski definition) is 5. The van der Waals surface area contributed by atoms with Crippen LogP contribution in [0.15, 0.2) is 52.0 Å². The standard InChI is InChI=1S/C20H17BrClN3O3/c1-2-7-28-15-4-5-17-12(9-15)8-13(19(22)24-17)11-23-25-20(27)16-10-14(21)3-6-18(16)26/h3-6,8-11,26H,2,7H2,1H3,(H,25,27). The molecule has 0 saturated carbocycles. The van der Waals surface area contributed by atoms with E-state index in [-0.39, 0.29) is 16.5 Å². The molecule has 3 aromatic rings. The number of phenols is 1. The van der Waals surface area contributed by atoms with E-state index in [0.717, 1.165) is 23.1 Å². The van der Waals surface area contributed by atoms with Gasteiger partial charge in [-0.3, -0.25) is 4.79 Å². The quantitative estimate of drug-likeness (QED) is 0.310. The molecule has 0 fully saturated rings. The van der Waals surface area contributed by atoms with E-state index in [4.69, 9.17) is 16.3 Å². The van der Waals surface area contributed by atoms with Gasteiger partial charge >= 0.3 is 0 Å². The normalized spacial score (nSPS) is 11.1. The van der Waals surface area contributed by atoms with Crippen molar-refractivity contribution in [3.63, 3.8) is 0 Å². The van der Waals surface area contributed by atoms with Gasteiger partial charge < -0.3 is 9.84 Å². The van der Waals surface area contributed by atoms with Gasteiger partial charge in [0.25, 0.3) is 5.91 Å². The fourth-order valence-electron chi connectivity index (χ4n) is 2.46. The van der Waals surface area contributed by atoms with Crippen LogP contribution in [0.4, 0.5) is 0 Å². The van der Waals surface area contributed by atoms with Gasteiger partial charge in [0.05, 0.1) is 23.9 Å². The molecule has 3 rings (SSSR count). The van der Waals surface area contributed by atoms with Crippen molar-refractivity contribution in [2.24, 2.45) is 5.10 Å². The fraction of sp³-hybridized carbons (Fsp3) is 0.150. The second-order valence-electron chi connectivity index (χ2n) is 5.93. The molecule has 0 aliphatic rings. The topological polar surface area (TPSA) is 83.8 Å². The highest BCUT2D eigenvalue weighted by atomic mass is 79.9. The smallest absolute Gasteiger partial charge is 0.275 e. The molecule has 6 nitrogen and oxygen atoms in total. The van der Waals surface area contributed by atoms with E-state index in [1.807, 2.05) is 31.2 Å². The van der Waals surface area contributed by atoms with Crippen LogP contribution in [0.1, 0.15) is 29.3 Å². The number of benzene rings is 2. The van der Waals surface area contributed by atoms with Gasteiger partial charge in [0, 0.05) is 15.4 Å². The number of nitrogens with zero attached hydrogens (tertiary/aromatic N) is 2. The highest BCUT2D eigenvalue weighted by Crippen LogP contribution is 2.24. The van der Waals surface area contributed by atoms with E-state index < -0.39 is 5.91 Å². The van der Waals surface area contributed by atoms with Crippen LogP contribution in [-0.4, -0.2) is 28.8 Å². The molecule has 2 N–H and O–H groups in total. The monoisotopic (exact) mass is 461 g/mol. The molecule has 1 aromatic heterocycles. The van der Waals surface area contributed by atoms with E-state index in [2.05, 4.69) is 31.4 Å². The van der Waals surface area contributed by atoms with Gasteiger partial charge in [-0.1, -0.05) is 34.5 Å². The first kappa shape index (κ1) is 20.1. The number of rotatable bonds is 6. The maximum Gasteiger partial charge on any atom is 0.275 e. The summed E-state index contributed by atoms with van der Waals surface area (Å²) >= 11 is 9.47. The van der Waals surface area contributed by atoms with Crippen LogP contribution in [0.2, 0.25) is 5.15 Å². The summed E-state index contributed by atoms with van der Waals surface area (Å²) in [5.74, 6) is 0.0656. The van der Waals surface area contributed by atoms with Crippen molar-refractivity contribution in [1.82, 2.24) is 10.4 Å². The van der Waals surface area contributed by atoms with Gasteiger partial charge in [0.15, 0.2) is 0 Å². The number of carbonyl (C=O) groups excluding carboxylic acids is 1. The Labute approximate surface area is 175 Å². The third kappa shape index (κ3) is 4.79. The largest absolute Gasteiger partial charge is 0.507 e. The molecule has 0 spiro atoms. The number of hydrogen-bond donors (Lipinski definition) is 2. The maximum absolute atomic E-state index is 12.2.